The van der Waals surface area contributed by atoms with Crippen LogP contribution in [0.15, 0.2) is 59.6 Å². The van der Waals surface area contributed by atoms with E-state index >= 15 is 0 Å². The fourth-order valence-corrected chi connectivity index (χ4v) is 4.08. The molecule has 0 spiro atoms. The van der Waals surface area contributed by atoms with Crippen molar-refractivity contribution in [2.45, 2.75) is 51.2 Å². The van der Waals surface area contributed by atoms with Crippen molar-refractivity contribution in [3.05, 3.63) is 65.7 Å². The first-order chi connectivity index (χ1) is 14.7. The smallest absolute Gasteiger partial charge is 0.191 e. The highest BCUT2D eigenvalue weighted by molar-refractivity contribution is 14.0. The Morgan fingerprint density at radius 1 is 1.10 bits per heavy atom. The van der Waals surface area contributed by atoms with Gasteiger partial charge in [-0.1, -0.05) is 42.5 Å². The fraction of sp³-hybridized carbons (Fsp3) is 0.480. The van der Waals surface area contributed by atoms with Crippen LogP contribution in [0.2, 0.25) is 0 Å². The largest absolute Gasteiger partial charge is 0.497 e. The minimum Gasteiger partial charge on any atom is -0.497 e. The molecule has 170 valence electrons. The third kappa shape index (κ3) is 8.33. The van der Waals surface area contributed by atoms with Gasteiger partial charge < -0.3 is 15.4 Å². The van der Waals surface area contributed by atoms with Gasteiger partial charge in [-0.15, -0.1) is 24.0 Å². The molecule has 2 aromatic carbocycles. The molecule has 2 unspecified atom stereocenters. The summed E-state index contributed by atoms with van der Waals surface area (Å²) in [6.07, 6.45) is 4.39. The third-order valence-electron chi connectivity index (χ3n) is 5.90. The molecule has 5 nitrogen and oxygen atoms in total. The van der Waals surface area contributed by atoms with Crippen molar-refractivity contribution in [3.8, 4) is 5.75 Å². The Kier molecular flexibility index (Phi) is 11.2. The highest BCUT2D eigenvalue weighted by atomic mass is 127. The van der Waals surface area contributed by atoms with Crippen molar-refractivity contribution in [2.24, 2.45) is 4.99 Å². The van der Waals surface area contributed by atoms with Crippen LogP contribution in [-0.4, -0.2) is 50.2 Å². The first-order valence-corrected chi connectivity index (χ1v) is 11.1. The SMILES string of the molecule is CN=C(NCCCc1ccc(OC)cc1)NC1CCN(Cc2ccccc2)C(C)C1.I. The lowest BCUT2D eigenvalue weighted by Crippen LogP contribution is -2.51. The van der Waals surface area contributed by atoms with Gasteiger partial charge in [0.05, 0.1) is 7.11 Å². The summed E-state index contributed by atoms with van der Waals surface area (Å²) in [4.78, 5) is 7.01. The number of ether oxygens (including phenoxy) is 1. The average molecular weight is 537 g/mol. The van der Waals surface area contributed by atoms with E-state index in [1.54, 1.807) is 7.11 Å². The molecule has 0 saturated carbocycles. The summed E-state index contributed by atoms with van der Waals surface area (Å²) >= 11 is 0. The van der Waals surface area contributed by atoms with Gasteiger partial charge in [-0.2, -0.15) is 0 Å². The molecule has 2 atom stereocenters. The van der Waals surface area contributed by atoms with E-state index in [9.17, 15) is 0 Å². The van der Waals surface area contributed by atoms with Crippen molar-refractivity contribution < 1.29 is 4.74 Å². The number of aliphatic imine (C=N–C) groups is 1. The first-order valence-electron chi connectivity index (χ1n) is 11.1. The summed E-state index contributed by atoms with van der Waals surface area (Å²) < 4.78 is 5.22. The number of hydrogen-bond donors (Lipinski definition) is 2. The number of methoxy groups -OCH3 is 1. The predicted octanol–water partition coefficient (Wildman–Crippen LogP) is 4.46. The highest BCUT2D eigenvalue weighted by Gasteiger charge is 2.25. The van der Waals surface area contributed by atoms with Gasteiger partial charge in [0.2, 0.25) is 0 Å². The zero-order chi connectivity index (χ0) is 21.2. The molecule has 1 fully saturated rings. The summed E-state index contributed by atoms with van der Waals surface area (Å²) in [5, 5.41) is 7.11. The maximum absolute atomic E-state index is 5.22. The van der Waals surface area contributed by atoms with Crippen LogP contribution in [0.3, 0.4) is 0 Å². The molecule has 31 heavy (non-hydrogen) atoms. The van der Waals surface area contributed by atoms with Gasteiger partial charge >= 0.3 is 0 Å². The van der Waals surface area contributed by atoms with Gasteiger partial charge in [0.1, 0.15) is 5.75 Å². The van der Waals surface area contributed by atoms with Crippen LogP contribution in [0.5, 0.6) is 5.75 Å². The minimum atomic E-state index is 0. The van der Waals surface area contributed by atoms with Crippen LogP contribution in [0.4, 0.5) is 0 Å². The summed E-state index contributed by atoms with van der Waals surface area (Å²) in [6, 6.07) is 20.1. The monoisotopic (exact) mass is 536 g/mol. The topological polar surface area (TPSA) is 48.9 Å². The number of benzene rings is 2. The lowest BCUT2D eigenvalue weighted by Gasteiger charge is -2.38. The quantitative estimate of drug-likeness (QED) is 0.226. The number of piperidine rings is 1. The summed E-state index contributed by atoms with van der Waals surface area (Å²) in [5.74, 6) is 1.82. The van der Waals surface area contributed by atoms with Crippen molar-refractivity contribution in [1.82, 2.24) is 15.5 Å². The Balaban J connectivity index is 0.00000341. The van der Waals surface area contributed by atoms with Crippen LogP contribution >= 0.6 is 24.0 Å². The Bertz CT molecular complexity index is 782. The summed E-state index contributed by atoms with van der Waals surface area (Å²) in [5.41, 5.74) is 2.73. The molecule has 1 aliphatic rings. The van der Waals surface area contributed by atoms with E-state index in [1.165, 1.54) is 11.1 Å². The first kappa shape index (κ1) is 25.5. The van der Waals surface area contributed by atoms with E-state index in [0.717, 1.165) is 57.0 Å². The number of aryl methyl sites for hydroxylation is 1. The van der Waals surface area contributed by atoms with Gasteiger partial charge in [-0.25, -0.2) is 0 Å². The molecule has 2 aromatic rings. The molecule has 3 rings (SSSR count). The second kappa shape index (κ2) is 13.6. The maximum Gasteiger partial charge on any atom is 0.191 e. The molecule has 0 aromatic heterocycles. The molecule has 1 saturated heterocycles. The Labute approximate surface area is 204 Å². The second-order valence-corrected chi connectivity index (χ2v) is 8.12. The van der Waals surface area contributed by atoms with E-state index in [0.29, 0.717) is 12.1 Å². The van der Waals surface area contributed by atoms with Gasteiger partial charge in [0.25, 0.3) is 0 Å². The number of likely N-dealkylation sites (tertiary alicyclic amines) is 1. The average Bonchev–Trinajstić information content (AvgIpc) is 2.78. The van der Waals surface area contributed by atoms with Gasteiger partial charge in [0, 0.05) is 38.8 Å². The van der Waals surface area contributed by atoms with E-state index in [-0.39, 0.29) is 24.0 Å². The molecule has 1 heterocycles. The number of halogens is 1. The van der Waals surface area contributed by atoms with E-state index < -0.39 is 0 Å². The van der Waals surface area contributed by atoms with E-state index in [2.05, 4.69) is 69.9 Å². The second-order valence-electron chi connectivity index (χ2n) is 8.12. The molecular formula is C25H37IN4O. The Hall–Kier alpha value is -1.80. The van der Waals surface area contributed by atoms with Gasteiger partial charge in [0.15, 0.2) is 5.96 Å². The van der Waals surface area contributed by atoms with Crippen molar-refractivity contribution in [2.75, 3.05) is 27.2 Å². The molecule has 0 aliphatic carbocycles. The molecule has 2 N–H and O–H groups in total. The fourth-order valence-electron chi connectivity index (χ4n) is 4.08. The highest BCUT2D eigenvalue weighted by Crippen LogP contribution is 2.20. The van der Waals surface area contributed by atoms with E-state index in [4.69, 9.17) is 4.74 Å². The number of nitrogens with one attached hydrogen (secondary N) is 2. The third-order valence-corrected chi connectivity index (χ3v) is 5.90. The van der Waals surface area contributed by atoms with Crippen LogP contribution in [-0.2, 0) is 13.0 Å². The summed E-state index contributed by atoms with van der Waals surface area (Å²) in [7, 11) is 3.55. The predicted molar refractivity (Wildman–Crippen MR) is 141 cm³/mol. The lowest BCUT2D eigenvalue weighted by molar-refractivity contribution is 0.134. The van der Waals surface area contributed by atoms with Crippen molar-refractivity contribution in [3.63, 3.8) is 0 Å². The Morgan fingerprint density at radius 2 is 1.84 bits per heavy atom. The number of guanidine groups is 1. The van der Waals surface area contributed by atoms with Crippen LogP contribution < -0.4 is 15.4 Å². The Morgan fingerprint density at radius 3 is 2.48 bits per heavy atom. The van der Waals surface area contributed by atoms with E-state index in [1.807, 2.05) is 19.2 Å². The van der Waals surface area contributed by atoms with Crippen LogP contribution in [0.1, 0.15) is 37.3 Å². The standard InChI is InChI=1S/C25H36N4O.HI/c1-20-18-23(15-17-29(20)19-22-8-5-4-6-9-22)28-25(26-2)27-16-7-10-21-11-13-24(30-3)14-12-21;/h4-6,8-9,11-14,20,23H,7,10,15-19H2,1-3H3,(H2,26,27,28);1H. The van der Waals surface area contributed by atoms with Gasteiger partial charge in [-0.3, -0.25) is 9.89 Å². The number of nitrogens with zero attached hydrogens (tertiary/aromatic N) is 2. The minimum absolute atomic E-state index is 0. The number of hydrogen-bond acceptors (Lipinski definition) is 3. The van der Waals surface area contributed by atoms with Gasteiger partial charge in [-0.05, 0) is 55.9 Å². The summed E-state index contributed by atoms with van der Waals surface area (Å²) in [6.45, 7) is 5.39. The molecule has 6 heteroatoms. The van der Waals surface area contributed by atoms with Crippen molar-refractivity contribution >= 4 is 29.9 Å². The molecular weight excluding hydrogens is 499 g/mol. The zero-order valence-electron chi connectivity index (χ0n) is 19.0. The lowest BCUT2D eigenvalue weighted by atomic mass is 9.97. The zero-order valence-corrected chi connectivity index (χ0v) is 21.3. The molecule has 0 amide bonds. The molecule has 0 radical (unpaired) electrons. The van der Waals surface area contributed by atoms with Crippen LogP contribution in [0, 0.1) is 0 Å². The number of rotatable bonds is 8. The molecule has 0 bridgehead atoms. The van der Waals surface area contributed by atoms with Crippen molar-refractivity contribution in [1.29, 1.82) is 0 Å². The molecule has 1 aliphatic heterocycles. The normalized spacial score (nSPS) is 19.4. The maximum atomic E-state index is 5.22. The van der Waals surface area contributed by atoms with Crippen LogP contribution in [0.25, 0.3) is 0 Å².